The fraction of sp³-hybridized carbons (Fsp3) is 0.556. The minimum atomic E-state index is 0.173. The van der Waals surface area contributed by atoms with E-state index in [2.05, 4.69) is 22.4 Å². The third-order valence-corrected chi connectivity index (χ3v) is 2.16. The van der Waals surface area contributed by atoms with Crippen LogP contribution in [0.1, 0.15) is 19.8 Å². The van der Waals surface area contributed by atoms with Crippen molar-refractivity contribution in [3.63, 3.8) is 0 Å². The van der Waals surface area contributed by atoms with E-state index in [1.165, 1.54) is 0 Å². The number of aliphatic hydroxyl groups excluding tert-OH is 1. The van der Waals surface area contributed by atoms with Gasteiger partial charge in [-0.25, -0.2) is 0 Å². The van der Waals surface area contributed by atoms with Crippen LogP contribution in [0.5, 0.6) is 0 Å². The number of hydrogen-bond acceptors (Lipinski definition) is 4. The number of aliphatic hydroxyl groups is 1. The van der Waals surface area contributed by atoms with E-state index in [-0.39, 0.29) is 12.6 Å². The van der Waals surface area contributed by atoms with Crippen LogP contribution in [-0.4, -0.2) is 28.0 Å². The molecule has 78 valence electrons. The van der Waals surface area contributed by atoms with Crippen LogP contribution >= 0.6 is 11.6 Å². The highest BCUT2D eigenvalue weighted by Gasteiger charge is 2.05. The summed E-state index contributed by atoms with van der Waals surface area (Å²) in [5.74, 6) is 0.690. The molecule has 5 heteroatoms. The van der Waals surface area contributed by atoms with Crippen LogP contribution in [0.2, 0.25) is 5.15 Å². The number of halogens is 1. The smallest absolute Gasteiger partial charge is 0.151 e. The molecule has 0 amide bonds. The molecule has 1 unspecified atom stereocenters. The maximum absolute atomic E-state index is 8.79. The number of nitrogens with zero attached hydrogens (tertiary/aromatic N) is 2. The van der Waals surface area contributed by atoms with Crippen molar-refractivity contribution in [2.45, 2.75) is 25.8 Å². The van der Waals surface area contributed by atoms with E-state index in [0.29, 0.717) is 17.4 Å². The van der Waals surface area contributed by atoms with E-state index in [4.69, 9.17) is 16.7 Å². The van der Waals surface area contributed by atoms with Crippen LogP contribution in [0.4, 0.5) is 5.82 Å². The molecule has 1 atom stereocenters. The fourth-order valence-corrected chi connectivity index (χ4v) is 1.24. The molecule has 2 N–H and O–H groups in total. The molecule has 0 aromatic carbocycles. The van der Waals surface area contributed by atoms with Gasteiger partial charge in [0.05, 0.1) is 0 Å². The number of aromatic nitrogens is 2. The van der Waals surface area contributed by atoms with Crippen LogP contribution in [-0.2, 0) is 0 Å². The molecule has 0 spiro atoms. The standard InChI is InChI=1S/C9H14ClN3O/c1-2-7(5-6-14)11-9-4-3-8(10)12-13-9/h3-4,7,14H,2,5-6H2,1H3,(H,11,13). The molecule has 0 fully saturated rings. The molecule has 0 saturated heterocycles. The summed E-state index contributed by atoms with van der Waals surface area (Å²) in [4.78, 5) is 0. The second-order valence-electron chi connectivity index (χ2n) is 3.00. The van der Waals surface area contributed by atoms with Gasteiger partial charge >= 0.3 is 0 Å². The Morgan fingerprint density at radius 3 is 2.79 bits per heavy atom. The van der Waals surface area contributed by atoms with Crippen LogP contribution < -0.4 is 5.32 Å². The highest BCUT2D eigenvalue weighted by atomic mass is 35.5. The van der Waals surface area contributed by atoms with Crippen LogP contribution in [0, 0.1) is 0 Å². The maximum atomic E-state index is 8.79. The zero-order valence-electron chi connectivity index (χ0n) is 8.07. The second-order valence-corrected chi connectivity index (χ2v) is 3.39. The van der Waals surface area contributed by atoms with Gasteiger partial charge in [0.15, 0.2) is 5.15 Å². The summed E-state index contributed by atoms with van der Waals surface area (Å²) in [6, 6.07) is 3.69. The quantitative estimate of drug-likeness (QED) is 0.785. The molecule has 1 heterocycles. The van der Waals surface area contributed by atoms with Crippen LogP contribution in [0.15, 0.2) is 12.1 Å². The highest BCUT2D eigenvalue weighted by molar-refractivity contribution is 6.29. The lowest BCUT2D eigenvalue weighted by molar-refractivity contribution is 0.278. The normalized spacial score (nSPS) is 12.5. The third-order valence-electron chi connectivity index (χ3n) is 1.95. The first kappa shape index (κ1) is 11.2. The Kier molecular flexibility index (Phi) is 4.62. The van der Waals surface area contributed by atoms with Gasteiger partial charge in [-0.3, -0.25) is 0 Å². The number of nitrogens with one attached hydrogen (secondary N) is 1. The first-order valence-electron chi connectivity index (χ1n) is 4.63. The van der Waals surface area contributed by atoms with E-state index in [0.717, 1.165) is 6.42 Å². The Morgan fingerprint density at radius 1 is 1.50 bits per heavy atom. The molecule has 0 radical (unpaired) electrons. The summed E-state index contributed by atoms with van der Waals surface area (Å²) >= 11 is 5.60. The molecule has 0 aliphatic rings. The zero-order chi connectivity index (χ0) is 10.4. The van der Waals surface area contributed by atoms with Crippen LogP contribution in [0.3, 0.4) is 0 Å². The van der Waals surface area contributed by atoms with Crippen molar-refractivity contribution in [3.05, 3.63) is 17.3 Å². The summed E-state index contributed by atoms with van der Waals surface area (Å²) < 4.78 is 0. The summed E-state index contributed by atoms with van der Waals surface area (Å²) in [5.41, 5.74) is 0. The maximum Gasteiger partial charge on any atom is 0.151 e. The first-order valence-corrected chi connectivity index (χ1v) is 5.00. The zero-order valence-corrected chi connectivity index (χ0v) is 8.83. The summed E-state index contributed by atoms with van der Waals surface area (Å²) in [6.45, 7) is 2.23. The van der Waals surface area contributed by atoms with Gasteiger partial charge in [0.25, 0.3) is 0 Å². The molecule has 0 aliphatic carbocycles. The van der Waals surface area contributed by atoms with E-state index < -0.39 is 0 Å². The van der Waals surface area contributed by atoms with Gasteiger partial charge in [-0.05, 0) is 25.0 Å². The minimum Gasteiger partial charge on any atom is -0.396 e. The van der Waals surface area contributed by atoms with Crippen molar-refractivity contribution in [2.75, 3.05) is 11.9 Å². The molecule has 1 aromatic rings. The molecular formula is C9H14ClN3O. The Hall–Kier alpha value is -0.870. The van der Waals surface area contributed by atoms with Crippen molar-refractivity contribution in [1.82, 2.24) is 10.2 Å². The predicted octanol–water partition coefficient (Wildman–Crippen LogP) is 1.70. The van der Waals surface area contributed by atoms with Crippen molar-refractivity contribution in [1.29, 1.82) is 0 Å². The third kappa shape index (κ3) is 3.47. The molecule has 0 bridgehead atoms. The molecule has 4 nitrogen and oxygen atoms in total. The number of anilines is 1. The van der Waals surface area contributed by atoms with Gasteiger partial charge in [0, 0.05) is 12.6 Å². The Bertz CT molecular complexity index is 265. The van der Waals surface area contributed by atoms with E-state index >= 15 is 0 Å². The number of hydrogen-bond donors (Lipinski definition) is 2. The lowest BCUT2D eigenvalue weighted by Gasteiger charge is -2.15. The Morgan fingerprint density at radius 2 is 2.29 bits per heavy atom. The molecule has 1 rings (SSSR count). The first-order chi connectivity index (χ1) is 6.76. The highest BCUT2D eigenvalue weighted by Crippen LogP contribution is 2.09. The Balaban J connectivity index is 2.53. The topological polar surface area (TPSA) is 58.0 Å². The predicted molar refractivity (Wildman–Crippen MR) is 56.4 cm³/mol. The largest absolute Gasteiger partial charge is 0.396 e. The summed E-state index contributed by atoms with van der Waals surface area (Å²) in [6.07, 6.45) is 1.64. The molecule has 14 heavy (non-hydrogen) atoms. The van der Waals surface area contributed by atoms with Crippen molar-refractivity contribution in [3.8, 4) is 0 Å². The monoisotopic (exact) mass is 215 g/mol. The van der Waals surface area contributed by atoms with Crippen LogP contribution in [0.25, 0.3) is 0 Å². The van der Waals surface area contributed by atoms with Gasteiger partial charge in [0.1, 0.15) is 5.82 Å². The number of rotatable bonds is 5. The van der Waals surface area contributed by atoms with Gasteiger partial charge in [-0.2, -0.15) is 0 Å². The van der Waals surface area contributed by atoms with E-state index in [1.807, 2.05) is 0 Å². The fourth-order valence-electron chi connectivity index (χ4n) is 1.14. The minimum absolute atomic E-state index is 0.173. The Labute approximate surface area is 88.3 Å². The van der Waals surface area contributed by atoms with Crippen molar-refractivity contribution < 1.29 is 5.11 Å². The average Bonchev–Trinajstić information content (AvgIpc) is 2.20. The second kappa shape index (κ2) is 5.78. The molecule has 0 aliphatic heterocycles. The summed E-state index contributed by atoms with van der Waals surface area (Å²) in [5, 5.41) is 19.9. The lowest BCUT2D eigenvalue weighted by atomic mass is 10.1. The molecule has 0 saturated carbocycles. The van der Waals surface area contributed by atoms with Gasteiger partial charge in [0.2, 0.25) is 0 Å². The lowest BCUT2D eigenvalue weighted by Crippen LogP contribution is -2.20. The SMILES string of the molecule is CCC(CCO)Nc1ccc(Cl)nn1. The van der Waals surface area contributed by atoms with E-state index in [9.17, 15) is 0 Å². The summed E-state index contributed by atoms with van der Waals surface area (Å²) in [7, 11) is 0. The van der Waals surface area contributed by atoms with Crippen molar-refractivity contribution in [2.24, 2.45) is 0 Å². The van der Waals surface area contributed by atoms with E-state index in [1.54, 1.807) is 12.1 Å². The average molecular weight is 216 g/mol. The molecular weight excluding hydrogens is 202 g/mol. The van der Waals surface area contributed by atoms with Gasteiger partial charge in [-0.1, -0.05) is 18.5 Å². The molecule has 1 aromatic heterocycles. The van der Waals surface area contributed by atoms with Gasteiger partial charge in [-0.15, -0.1) is 10.2 Å². The van der Waals surface area contributed by atoms with Crippen molar-refractivity contribution >= 4 is 17.4 Å². The van der Waals surface area contributed by atoms with Gasteiger partial charge < -0.3 is 10.4 Å².